The maximum atomic E-state index is 3.58. The van der Waals surface area contributed by atoms with Gasteiger partial charge in [-0.3, -0.25) is 0 Å². The molecule has 0 aliphatic carbocycles. The fourth-order valence-electron chi connectivity index (χ4n) is 2.08. The molecule has 0 saturated heterocycles. The predicted octanol–water partition coefficient (Wildman–Crippen LogP) is 5.45. The lowest BCUT2D eigenvalue weighted by Crippen LogP contribution is -2.14. The number of nitrogens with one attached hydrogen (secondary N) is 1. The first-order valence-corrected chi connectivity index (χ1v) is 8.05. The molecule has 1 unspecified atom stereocenters. The van der Waals surface area contributed by atoms with Crippen LogP contribution in [0.4, 0.5) is 11.4 Å². The largest absolute Gasteiger partial charge is 0.377 e. The van der Waals surface area contributed by atoms with Crippen LogP contribution in [0.15, 0.2) is 51.4 Å². The zero-order valence-corrected chi connectivity index (χ0v) is 15.0. The second-order valence-corrected chi connectivity index (χ2v) is 6.80. The smallest absolute Gasteiger partial charge is 0.0597 e. The molecule has 0 saturated carbocycles. The van der Waals surface area contributed by atoms with E-state index in [1.807, 2.05) is 0 Å². The van der Waals surface area contributed by atoms with Gasteiger partial charge in [0.1, 0.15) is 0 Å². The molecule has 20 heavy (non-hydrogen) atoms. The molecule has 2 rings (SSSR count). The Bertz CT molecular complexity index is 580. The van der Waals surface area contributed by atoms with Crippen LogP contribution in [0, 0.1) is 0 Å². The number of hydrogen-bond donors (Lipinski definition) is 1. The third-order valence-corrected chi connectivity index (χ3v) is 4.20. The van der Waals surface area contributed by atoms with E-state index in [1.165, 1.54) is 11.3 Å². The summed E-state index contributed by atoms with van der Waals surface area (Å²) in [5.74, 6) is 0. The van der Waals surface area contributed by atoms with Crippen LogP contribution in [0.3, 0.4) is 0 Å². The molecular formula is C16H18Br2N2. The van der Waals surface area contributed by atoms with Crippen molar-refractivity contribution in [2.24, 2.45) is 0 Å². The van der Waals surface area contributed by atoms with Gasteiger partial charge in [0.2, 0.25) is 0 Å². The van der Waals surface area contributed by atoms with Crippen LogP contribution in [0.1, 0.15) is 18.5 Å². The van der Waals surface area contributed by atoms with Gasteiger partial charge in [-0.1, -0.05) is 44.0 Å². The second kappa shape index (κ2) is 6.64. The van der Waals surface area contributed by atoms with Crippen molar-refractivity contribution in [3.63, 3.8) is 0 Å². The van der Waals surface area contributed by atoms with Crippen molar-refractivity contribution in [3.8, 4) is 0 Å². The molecule has 0 amide bonds. The van der Waals surface area contributed by atoms with E-state index in [0.717, 1.165) is 14.6 Å². The lowest BCUT2D eigenvalue weighted by molar-refractivity contribution is 0.882. The van der Waals surface area contributed by atoms with E-state index in [2.05, 4.69) is 106 Å². The first-order chi connectivity index (χ1) is 9.47. The molecule has 0 heterocycles. The molecule has 0 spiro atoms. The SMILES string of the molecule is CC(Nc1cc(Br)ccc1N(C)C)c1ccc(Br)cc1. The highest BCUT2D eigenvalue weighted by Gasteiger charge is 2.10. The lowest BCUT2D eigenvalue weighted by Gasteiger charge is -2.22. The number of benzene rings is 2. The van der Waals surface area contributed by atoms with Gasteiger partial charge in [-0.2, -0.15) is 0 Å². The zero-order chi connectivity index (χ0) is 14.7. The van der Waals surface area contributed by atoms with Crippen LogP contribution in [-0.4, -0.2) is 14.1 Å². The minimum atomic E-state index is 0.246. The van der Waals surface area contributed by atoms with E-state index in [0.29, 0.717) is 0 Å². The summed E-state index contributed by atoms with van der Waals surface area (Å²) in [4.78, 5) is 2.11. The monoisotopic (exact) mass is 396 g/mol. The van der Waals surface area contributed by atoms with Gasteiger partial charge in [0.15, 0.2) is 0 Å². The average Bonchev–Trinajstić information content (AvgIpc) is 2.39. The van der Waals surface area contributed by atoms with Crippen LogP contribution in [0.25, 0.3) is 0 Å². The molecule has 0 bridgehead atoms. The summed E-state index contributed by atoms with van der Waals surface area (Å²) in [5, 5.41) is 3.58. The molecular weight excluding hydrogens is 380 g/mol. The van der Waals surface area contributed by atoms with Gasteiger partial charge >= 0.3 is 0 Å². The predicted molar refractivity (Wildman–Crippen MR) is 94.6 cm³/mol. The Hall–Kier alpha value is -1.00. The molecule has 4 heteroatoms. The van der Waals surface area contributed by atoms with Crippen molar-refractivity contribution in [1.82, 2.24) is 0 Å². The highest BCUT2D eigenvalue weighted by molar-refractivity contribution is 9.10. The van der Waals surface area contributed by atoms with Crippen LogP contribution in [0.2, 0.25) is 0 Å². The molecule has 0 fully saturated rings. The van der Waals surface area contributed by atoms with Crippen LogP contribution < -0.4 is 10.2 Å². The first-order valence-electron chi connectivity index (χ1n) is 6.46. The first kappa shape index (κ1) is 15.4. The number of rotatable bonds is 4. The minimum absolute atomic E-state index is 0.246. The highest BCUT2D eigenvalue weighted by atomic mass is 79.9. The standard InChI is InChI=1S/C16H18Br2N2/c1-11(12-4-6-13(17)7-5-12)19-15-10-14(18)8-9-16(15)20(2)3/h4-11,19H,1-3H3. The van der Waals surface area contributed by atoms with E-state index in [1.54, 1.807) is 0 Å². The van der Waals surface area contributed by atoms with Crippen molar-refractivity contribution < 1.29 is 0 Å². The van der Waals surface area contributed by atoms with Gasteiger partial charge in [-0.25, -0.2) is 0 Å². The Morgan fingerprint density at radius 3 is 2.15 bits per heavy atom. The maximum absolute atomic E-state index is 3.58. The third-order valence-electron chi connectivity index (χ3n) is 3.18. The Morgan fingerprint density at radius 1 is 0.950 bits per heavy atom. The number of hydrogen-bond acceptors (Lipinski definition) is 2. The molecule has 106 valence electrons. The normalized spacial score (nSPS) is 12.1. The maximum Gasteiger partial charge on any atom is 0.0597 e. The topological polar surface area (TPSA) is 15.3 Å². The number of halogens is 2. The number of nitrogens with zero attached hydrogens (tertiary/aromatic N) is 1. The summed E-state index contributed by atoms with van der Waals surface area (Å²) >= 11 is 7.00. The van der Waals surface area contributed by atoms with Crippen molar-refractivity contribution >= 4 is 43.2 Å². The van der Waals surface area contributed by atoms with Crippen LogP contribution in [-0.2, 0) is 0 Å². The van der Waals surface area contributed by atoms with Gasteiger partial charge in [-0.05, 0) is 42.8 Å². The Morgan fingerprint density at radius 2 is 1.55 bits per heavy atom. The Balaban J connectivity index is 2.24. The van der Waals surface area contributed by atoms with Gasteiger partial charge in [-0.15, -0.1) is 0 Å². The van der Waals surface area contributed by atoms with Crippen molar-refractivity contribution in [1.29, 1.82) is 0 Å². The van der Waals surface area contributed by atoms with Crippen LogP contribution in [0.5, 0.6) is 0 Å². The van der Waals surface area contributed by atoms with E-state index in [4.69, 9.17) is 0 Å². The van der Waals surface area contributed by atoms with Crippen LogP contribution >= 0.6 is 31.9 Å². The average molecular weight is 398 g/mol. The molecule has 0 aliphatic rings. The Labute approximate surface area is 137 Å². The Kier molecular flexibility index (Phi) is 5.11. The number of anilines is 2. The molecule has 1 atom stereocenters. The summed E-state index contributed by atoms with van der Waals surface area (Å²) in [5.41, 5.74) is 3.56. The zero-order valence-electron chi connectivity index (χ0n) is 11.8. The summed E-state index contributed by atoms with van der Waals surface area (Å²) < 4.78 is 2.18. The van der Waals surface area contributed by atoms with Gasteiger partial charge in [0.05, 0.1) is 11.4 Å². The molecule has 2 aromatic rings. The van der Waals surface area contributed by atoms with E-state index in [-0.39, 0.29) is 6.04 Å². The molecule has 0 radical (unpaired) electrons. The molecule has 2 nitrogen and oxygen atoms in total. The fraction of sp³-hybridized carbons (Fsp3) is 0.250. The molecule has 0 aromatic heterocycles. The van der Waals surface area contributed by atoms with E-state index in [9.17, 15) is 0 Å². The summed E-state index contributed by atoms with van der Waals surface area (Å²) in [6.45, 7) is 2.17. The minimum Gasteiger partial charge on any atom is -0.377 e. The van der Waals surface area contributed by atoms with Gasteiger partial charge in [0.25, 0.3) is 0 Å². The quantitative estimate of drug-likeness (QED) is 0.737. The highest BCUT2D eigenvalue weighted by Crippen LogP contribution is 2.31. The van der Waals surface area contributed by atoms with E-state index < -0.39 is 0 Å². The van der Waals surface area contributed by atoms with Gasteiger partial charge in [0, 0.05) is 29.1 Å². The third kappa shape index (κ3) is 3.76. The van der Waals surface area contributed by atoms with Gasteiger partial charge < -0.3 is 10.2 Å². The lowest BCUT2D eigenvalue weighted by atomic mass is 10.1. The van der Waals surface area contributed by atoms with Crippen molar-refractivity contribution in [2.75, 3.05) is 24.3 Å². The molecule has 1 N–H and O–H groups in total. The summed E-state index contributed by atoms with van der Waals surface area (Å²) in [6, 6.07) is 14.9. The van der Waals surface area contributed by atoms with Crippen molar-refractivity contribution in [2.45, 2.75) is 13.0 Å². The summed E-state index contributed by atoms with van der Waals surface area (Å²) in [6.07, 6.45) is 0. The molecule has 2 aromatic carbocycles. The van der Waals surface area contributed by atoms with Crippen molar-refractivity contribution in [3.05, 3.63) is 57.0 Å². The molecule has 0 aliphatic heterocycles. The fourth-order valence-corrected chi connectivity index (χ4v) is 2.71. The second-order valence-electron chi connectivity index (χ2n) is 4.97. The summed E-state index contributed by atoms with van der Waals surface area (Å²) in [7, 11) is 4.11. The van der Waals surface area contributed by atoms with E-state index >= 15 is 0 Å².